The monoisotopic (exact) mass is 322 g/mol. The fourth-order valence-corrected chi connectivity index (χ4v) is 3.28. The lowest BCUT2D eigenvalue weighted by Crippen LogP contribution is -2.39. The van der Waals surface area contributed by atoms with Crippen LogP contribution in [0.1, 0.15) is 45.4 Å². The molecule has 22 heavy (non-hydrogen) atoms. The molecular formula is C14H22N6OS. The standard InChI is InChI=1S/C14H22N6OS/c1-5-19-9-15-17-11(19)10-8-20(6-7-21-10)13-16-12(18-22-13)14(2,3)4/h9-10H,5-8H2,1-4H3/t10-/m1/s1. The van der Waals surface area contributed by atoms with Crippen LogP contribution in [0, 0.1) is 0 Å². The summed E-state index contributed by atoms with van der Waals surface area (Å²) in [6.45, 7) is 11.5. The molecule has 7 nitrogen and oxygen atoms in total. The molecule has 3 heterocycles. The van der Waals surface area contributed by atoms with Crippen molar-refractivity contribution in [2.45, 2.75) is 45.8 Å². The first-order valence-corrected chi connectivity index (χ1v) is 8.35. The molecular weight excluding hydrogens is 300 g/mol. The summed E-state index contributed by atoms with van der Waals surface area (Å²) in [6, 6.07) is 0. The van der Waals surface area contributed by atoms with Gasteiger partial charge in [-0.1, -0.05) is 20.8 Å². The second-order valence-corrected chi connectivity index (χ2v) is 7.16. The molecule has 0 amide bonds. The van der Waals surface area contributed by atoms with Crippen LogP contribution in [0.4, 0.5) is 5.13 Å². The van der Waals surface area contributed by atoms with Crippen molar-refractivity contribution >= 4 is 16.7 Å². The highest BCUT2D eigenvalue weighted by atomic mass is 32.1. The van der Waals surface area contributed by atoms with Gasteiger partial charge < -0.3 is 14.2 Å². The van der Waals surface area contributed by atoms with E-state index in [-0.39, 0.29) is 11.5 Å². The number of hydrogen-bond donors (Lipinski definition) is 0. The second kappa shape index (κ2) is 5.92. The first-order valence-electron chi connectivity index (χ1n) is 7.57. The summed E-state index contributed by atoms with van der Waals surface area (Å²) in [7, 11) is 0. The van der Waals surface area contributed by atoms with E-state index < -0.39 is 0 Å². The van der Waals surface area contributed by atoms with E-state index in [1.54, 1.807) is 6.33 Å². The highest BCUT2D eigenvalue weighted by molar-refractivity contribution is 7.09. The molecule has 1 saturated heterocycles. The van der Waals surface area contributed by atoms with Crippen molar-refractivity contribution in [1.82, 2.24) is 24.1 Å². The summed E-state index contributed by atoms with van der Waals surface area (Å²) in [5, 5.41) is 9.16. The lowest BCUT2D eigenvalue weighted by Gasteiger charge is -2.32. The summed E-state index contributed by atoms with van der Waals surface area (Å²) in [5.74, 6) is 1.78. The number of ether oxygens (including phenoxy) is 1. The quantitative estimate of drug-likeness (QED) is 0.861. The van der Waals surface area contributed by atoms with E-state index in [4.69, 9.17) is 9.72 Å². The normalized spacial score (nSPS) is 19.6. The molecule has 0 aromatic carbocycles. The van der Waals surface area contributed by atoms with Crippen LogP contribution in [0.3, 0.4) is 0 Å². The van der Waals surface area contributed by atoms with E-state index >= 15 is 0 Å². The van der Waals surface area contributed by atoms with Gasteiger partial charge in [-0.2, -0.15) is 4.37 Å². The third-order valence-corrected chi connectivity index (χ3v) is 4.47. The minimum atomic E-state index is -0.0711. The summed E-state index contributed by atoms with van der Waals surface area (Å²) in [5.41, 5.74) is -0.0250. The third-order valence-electron chi connectivity index (χ3n) is 3.70. The zero-order valence-electron chi connectivity index (χ0n) is 13.5. The van der Waals surface area contributed by atoms with Gasteiger partial charge in [-0.15, -0.1) is 10.2 Å². The topological polar surface area (TPSA) is 69.0 Å². The molecule has 0 saturated carbocycles. The Morgan fingerprint density at radius 2 is 2.23 bits per heavy atom. The van der Waals surface area contributed by atoms with Crippen LogP contribution in [0.25, 0.3) is 0 Å². The van der Waals surface area contributed by atoms with E-state index in [0.29, 0.717) is 6.61 Å². The Bertz CT molecular complexity index is 631. The molecule has 0 aliphatic carbocycles. The molecule has 8 heteroatoms. The first-order chi connectivity index (χ1) is 10.5. The van der Waals surface area contributed by atoms with Crippen molar-refractivity contribution in [3.8, 4) is 0 Å². The molecule has 1 atom stereocenters. The molecule has 3 rings (SSSR count). The summed E-state index contributed by atoms with van der Waals surface area (Å²) in [4.78, 5) is 6.93. The van der Waals surface area contributed by atoms with Crippen molar-refractivity contribution in [3.05, 3.63) is 18.0 Å². The fourth-order valence-electron chi connectivity index (χ4n) is 2.38. The number of nitrogens with zero attached hydrogens (tertiary/aromatic N) is 6. The maximum absolute atomic E-state index is 5.88. The van der Waals surface area contributed by atoms with Crippen LogP contribution in [-0.2, 0) is 16.7 Å². The molecule has 2 aromatic rings. The molecule has 1 aliphatic rings. The van der Waals surface area contributed by atoms with Crippen LogP contribution < -0.4 is 4.90 Å². The molecule has 0 bridgehead atoms. The Hall–Kier alpha value is -1.54. The zero-order chi connectivity index (χ0) is 15.7. The lowest BCUT2D eigenvalue weighted by molar-refractivity contribution is 0.0316. The van der Waals surface area contributed by atoms with Gasteiger partial charge in [0.1, 0.15) is 18.3 Å². The average Bonchev–Trinajstić information content (AvgIpc) is 3.16. The first kappa shape index (κ1) is 15.4. The molecule has 0 radical (unpaired) electrons. The SMILES string of the molecule is CCn1cnnc1[C@H]1CN(c2nc(C(C)(C)C)ns2)CCO1. The highest BCUT2D eigenvalue weighted by Gasteiger charge is 2.29. The van der Waals surface area contributed by atoms with Crippen molar-refractivity contribution in [3.63, 3.8) is 0 Å². The zero-order valence-corrected chi connectivity index (χ0v) is 14.3. The number of anilines is 1. The summed E-state index contributed by atoms with van der Waals surface area (Å²) >= 11 is 1.46. The predicted octanol–water partition coefficient (Wildman–Crippen LogP) is 2.02. The molecule has 2 aromatic heterocycles. The van der Waals surface area contributed by atoms with E-state index in [1.807, 2.05) is 4.57 Å². The number of aromatic nitrogens is 5. The number of rotatable bonds is 3. The van der Waals surface area contributed by atoms with Gasteiger partial charge in [-0.3, -0.25) is 0 Å². The molecule has 0 spiro atoms. The summed E-state index contributed by atoms with van der Waals surface area (Å²) in [6.07, 6.45) is 1.68. The average molecular weight is 322 g/mol. The molecule has 0 unspecified atom stereocenters. The Morgan fingerprint density at radius 1 is 1.41 bits per heavy atom. The van der Waals surface area contributed by atoms with Crippen LogP contribution in [0.5, 0.6) is 0 Å². The molecule has 1 fully saturated rings. The lowest BCUT2D eigenvalue weighted by atomic mass is 9.96. The van der Waals surface area contributed by atoms with Gasteiger partial charge >= 0.3 is 0 Å². The predicted molar refractivity (Wildman–Crippen MR) is 85.2 cm³/mol. The fraction of sp³-hybridized carbons (Fsp3) is 0.714. The van der Waals surface area contributed by atoms with Gasteiger partial charge in [0.25, 0.3) is 0 Å². The maximum atomic E-state index is 5.88. The number of morpholine rings is 1. The highest BCUT2D eigenvalue weighted by Crippen LogP contribution is 2.29. The molecule has 1 aliphatic heterocycles. The second-order valence-electron chi connectivity index (χ2n) is 6.43. The van der Waals surface area contributed by atoms with Gasteiger partial charge in [0, 0.05) is 30.0 Å². The van der Waals surface area contributed by atoms with Gasteiger partial charge in [0.05, 0.1) is 13.2 Å². The summed E-state index contributed by atoms with van der Waals surface area (Å²) < 4.78 is 12.4. The number of hydrogen-bond acceptors (Lipinski definition) is 7. The van der Waals surface area contributed by atoms with Crippen molar-refractivity contribution in [2.24, 2.45) is 0 Å². The largest absolute Gasteiger partial charge is 0.366 e. The molecule has 0 N–H and O–H groups in total. The van der Waals surface area contributed by atoms with Crippen LogP contribution in [-0.4, -0.2) is 43.8 Å². The van der Waals surface area contributed by atoms with Crippen LogP contribution in [0.2, 0.25) is 0 Å². The van der Waals surface area contributed by atoms with Gasteiger partial charge in [0.15, 0.2) is 5.82 Å². The van der Waals surface area contributed by atoms with Crippen LogP contribution in [0.15, 0.2) is 6.33 Å². The maximum Gasteiger partial charge on any atom is 0.205 e. The van der Waals surface area contributed by atoms with Crippen LogP contribution >= 0.6 is 11.5 Å². The Kier molecular flexibility index (Phi) is 4.14. The van der Waals surface area contributed by atoms with Crippen molar-refractivity contribution in [1.29, 1.82) is 0 Å². The minimum Gasteiger partial charge on any atom is -0.366 e. The third kappa shape index (κ3) is 2.98. The molecule has 120 valence electrons. The Labute approximate surface area is 134 Å². The van der Waals surface area contributed by atoms with Crippen molar-refractivity contribution < 1.29 is 4.74 Å². The van der Waals surface area contributed by atoms with Gasteiger partial charge in [-0.25, -0.2) is 4.98 Å². The smallest absolute Gasteiger partial charge is 0.205 e. The van der Waals surface area contributed by atoms with E-state index in [0.717, 1.165) is 36.4 Å². The van der Waals surface area contributed by atoms with E-state index in [9.17, 15) is 0 Å². The van der Waals surface area contributed by atoms with E-state index in [2.05, 4.69) is 47.2 Å². The Balaban J connectivity index is 1.77. The Morgan fingerprint density at radius 3 is 2.91 bits per heavy atom. The van der Waals surface area contributed by atoms with Gasteiger partial charge in [0.2, 0.25) is 5.13 Å². The number of aryl methyl sites for hydroxylation is 1. The minimum absolute atomic E-state index is 0.0250. The van der Waals surface area contributed by atoms with Gasteiger partial charge in [-0.05, 0) is 6.92 Å². The van der Waals surface area contributed by atoms with Crippen molar-refractivity contribution in [2.75, 3.05) is 24.6 Å². The van der Waals surface area contributed by atoms with E-state index in [1.165, 1.54) is 11.5 Å².